The van der Waals surface area contributed by atoms with Crippen LogP contribution in [0.4, 0.5) is 5.69 Å². The number of thiophene rings is 1. The summed E-state index contributed by atoms with van der Waals surface area (Å²) in [5.41, 5.74) is 2.50. The molecule has 1 aromatic heterocycles. The molecule has 1 aromatic carbocycles. The van der Waals surface area contributed by atoms with E-state index in [0.717, 1.165) is 23.3 Å². The minimum absolute atomic E-state index is 0.124. The highest BCUT2D eigenvalue weighted by molar-refractivity contribution is 9.12. The Morgan fingerprint density at radius 2 is 1.89 bits per heavy atom. The Morgan fingerprint density at radius 1 is 1.17 bits per heavy atom. The predicted molar refractivity (Wildman–Crippen MR) is 86.6 cm³/mol. The molecule has 0 atom stereocenters. The average molecular weight is 454 g/mol. The molecule has 6 heteroatoms. The van der Waals surface area contributed by atoms with E-state index in [4.69, 9.17) is 0 Å². The third-order valence-corrected chi connectivity index (χ3v) is 5.00. The van der Waals surface area contributed by atoms with E-state index in [-0.39, 0.29) is 5.91 Å². The lowest BCUT2D eigenvalue weighted by Gasteiger charge is -2.06. The Balaban J connectivity index is 2.23. The number of carbonyl (C=O) groups is 1. The van der Waals surface area contributed by atoms with Crippen molar-refractivity contribution in [2.24, 2.45) is 0 Å². The highest BCUT2D eigenvalue weighted by Gasteiger charge is 2.14. The number of aryl methyl sites for hydroxylation is 1. The van der Waals surface area contributed by atoms with E-state index in [0.29, 0.717) is 5.56 Å². The molecule has 94 valence electrons. The fourth-order valence-corrected chi connectivity index (χ4v) is 4.90. The second-order valence-corrected chi connectivity index (χ2v) is 8.37. The van der Waals surface area contributed by atoms with Crippen molar-refractivity contribution >= 4 is 70.7 Å². The van der Waals surface area contributed by atoms with Crippen LogP contribution in [0.1, 0.15) is 15.9 Å². The van der Waals surface area contributed by atoms with E-state index in [2.05, 4.69) is 53.1 Å². The van der Waals surface area contributed by atoms with Crippen molar-refractivity contribution in [1.82, 2.24) is 0 Å². The van der Waals surface area contributed by atoms with Crippen LogP contribution < -0.4 is 5.32 Å². The van der Waals surface area contributed by atoms with Gasteiger partial charge in [0.05, 0.1) is 13.1 Å². The number of nitrogens with one attached hydrogen (secondary N) is 1. The summed E-state index contributed by atoms with van der Waals surface area (Å²) in [5, 5.41) is 2.88. The van der Waals surface area contributed by atoms with E-state index in [1.165, 1.54) is 11.3 Å². The van der Waals surface area contributed by atoms with E-state index in [9.17, 15) is 4.79 Å². The highest BCUT2D eigenvalue weighted by Crippen LogP contribution is 2.32. The predicted octanol–water partition coefficient (Wildman–Crippen LogP) is 5.60. The van der Waals surface area contributed by atoms with Crippen molar-refractivity contribution < 1.29 is 4.79 Å². The molecule has 0 aliphatic heterocycles. The fourth-order valence-electron chi connectivity index (χ4n) is 1.50. The number of halogens is 3. The Hall–Kier alpha value is -0.170. The molecule has 2 nitrogen and oxygen atoms in total. The molecule has 1 amide bonds. The minimum atomic E-state index is -0.124. The summed E-state index contributed by atoms with van der Waals surface area (Å²) < 4.78 is 2.69. The molecule has 2 rings (SSSR count). The number of anilines is 1. The Morgan fingerprint density at radius 3 is 2.44 bits per heavy atom. The lowest BCUT2D eigenvalue weighted by atomic mass is 10.2. The van der Waals surface area contributed by atoms with Crippen molar-refractivity contribution in [3.8, 4) is 0 Å². The van der Waals surface area contributed by atoms with E-state index in [1.54, 1.807) is 6.07 Å². The molecule has 0 unspecified atom stereocenters. The van der Waals surface area contributed by atoms with Crippen molar-refractivity contribution in [1.29, 1.82) is 0 Å². The van der Waals surface area contributed by atoms with Gasteiger partial charge >= 0.3 is 0 Å². The van der Waals surface area contributed by atoms with Crippen molar-refractivity contribution in [2.75, 3.05) is 5.32 Å². The summed E-state index contributed by atoms with van der Waals surface area (Å²) in [6, 6.07) is 7.60. The molecule has 0 fully saturated rings. The third kappa shape index (κ3) is 3.44. The second-order valence-electron chi connectivity index (χ2n) is 3.71. The van der Waals surface area contributed by atoms with Gasteiger partial charge in [-0.25, -0.2) is 0 Å². The minimum Gasteiger partial charge on any atom is -0.322 e. The van der Waals surface area contributed by atoms with Gasteiger partial charge in [0, 0.05) is 10.2 Å². The monoisotopic (exact) mass is 451 g/mol. The Labute approximate surface area is 134 Å². The molecule has 0 bridgehead atoms. The fraction of sp³-hybridized carbons (Fsp3) is 0.0833. The van der Waals surface area contributed by atoms with Gasteiger partial charge in [-0.15, -0.1) is 11.3 Å². The van der Waals surface area contributed by atoms with E-state index in [1.807, 2.05) is 25.1 Å². The van der Waals surface area contributed by atoms with Crippen LogP contribution in [0, 0.1) is 6.92 Å². The molecule has 1 heterocycles. The van der Waals surface area contributed by atoms with Gasteiger partial charge in [0.15, 0.2) is 0 Å². The van der Waals surface area contributed by atoms with Gasteiger partial charge < -0.3 is 5.32 Å². The van der Waals surface area contributed by atoms with Gasteiger partial charge in [-0.3, -0.25) is 4.79 Å². The zero-order chi connectivity index (χ0) is 13.3. The molecule has 2 aromatic rings. The first-order valence-corrected chi connectivity index (χ1v) is 8.18. The summed E-state index contributed by atoms with van der Waals surface area (Å²) in [5.74, 6) is -0.124. The Bertz CT molecular complexity index is 589. The van der Waals surface area contributed by atoms with Gasteiger partial charge in [0.1, 0.15) is 0 Å². The first kappa shape index (κ1) is 14.2. The summed E-state index contributed by atoms with van der Waals surface area (Å²) in [4.78, 5) is 12.1. The van der Waals surface area contributed by atoms with Gasteiger partial charge in [0.25, 0.3) is 5.91 Å². The molecule has 0 saturated heterocycles. The summed E-state index contributed by atoms with van der Waals surface area (Å²) in [6.07, 6.45) is 0. The van der Waals surface area contributed by atoms with Crippen LogP contribution in [-0.4, -0.2) is 5.91 Å². The molecule has 0 saturated carbocycles. The van der Waals surface area contributed by atoms with E-state index >= 15 is 0 Å². The lowest BCUT2D eigenvalue weighted by Crippen LogP contribution is -2.11. The van der Waals surface area contributed by atoms with Crippen LogP contribution in [0.25, 0.3) is 0 Å². The molecular formula is C12H8Br3NOS. The first-order chi connectivity index (χ1) is 8.45. The smallest absolute Gasteiger partial charge is 0.257 e. The van der Waals surface area contributed by atoms with Crippen LogP contribution >= 0.6 is 59.1 Å². The third-order valence-electron chi connectivity index (χ3n) is 2.20. The van der Waals surface area contributed by atoms with Gasteiger partial charge in [0.2, 0.25) is 0 Å². The molecule has 0 radical (unpaired) electrons. The number of hydrogen-bond donors (Lipinski definition) is 1. The standard InChI is InChI=1S/C12H8Br3NOS/c1-6-2-7(13)4-8(3-6)16-12(17)9-5-10(14)18-11(9)15/h2-5H,1H3,(H,16,17). The number of rotatable bonds is 2. The van der Waals surface area contributed by atoms with Crippen LogP contribution in [0.15, 0.2) is 36.3 Å². The zero-order valence-electron chi connectivity index (χ0n) is 9.26. The molecule has 0 aliphatic carbocycles. The van der Waals surface area contributed by atoms with Crippen molar-refractivity contribution in [2.45, 2.75) is 6.92 Å². The number of benzene rings is 1. The van der Waals surface area contributed by atoms with Crippen LogP contribution in [0.2, 0.25) is 0 Å². The quantitative estimate of drug-likeness (QED) is 0.630. The maximum atomic E-state index is 12.1. The summed E-state index contributed by atoms with van der Waals surface area (Å²) in [6.45, 7) is 1.98. The molecular weight excluding hydrogens is 446 g/mol. The Kier molecular flexibility index (Phi) is 4.64. The van der Waals surface area contributed by atoms with Crippen LogP contribution in [0.5, 0.6) is 0 Å². The van der Waals surface area contributed by atoms with Gasteiger partial charge in [-0.2, -0.15) is 0 Å². The van der Waals surface area contributed by atoms with Crippen LogP contribution in [-0.2, 0) is 0 Å². The average Bonchev–Trinajstić information content (AvgIpc) is 2.56. The van der Waals surface area contributed by atoms with E-state index < -0.39 is 0 Å². The maximum Gasteiger partial charge on any atom is 0.257 e. The normalized spacial score (nSPS) is 10.4. The molecule has 0 spiro atoms. The van der Waals surface area contributed by atoms with Gasteiger partial charge in [-0.1, -0.05) is 15.9 Å². The largest absolute Gasteiger partial charge is 0.322 e. The van der Waals surface area contributed by atoms with Crippen molar-refractivity contribution in [3.63, 3.8) is 0 Å². The molecule has 18 heavy (non-hydrogen) atoms. The van der Waals surface area contributed by atoms with Crippen LogP contribution in [0.3, 0.4) is 0 Å². The zero-order valence-corrected chi connectivity index (χ0v) is 14.8. The second kappa shape index (κ2) is 5.86. The number of hydrogen-bond acceptors (Lipinski definition) is 2. The number of carbonyl (C=O) groups excluding carboxylic acids is 1. The molecule has 0 aliphatic rings. The maximum absolute atomic E-state index is 12.1. The summed E-state index contributed by atoms with van der Waals surface area (Å²) >= 11 is 11.6. The van der Waals surface area contributed by atoms with Crippen molar-refractivity contribution in [3.05, 3.63) is 47.4 Å². The highest BCUT2D eigenvalue weighted by atomic mass is 79.9. The van der Waals surface area contributed by atoms with Gasteiger partial charge in [-0.05, 0) is 68.6 Å². The SMILES string of the molecule is Cc1cc(Br)cc(NC(=O)c2cc(Br)sc2Br)c1. The number of amides is 1. The topological polar surface area (TPSA) is 29.1 Å². The first-order valence-electron chi connectivity index (χ1n) is 4.99. The summed E-state index contributed by atoms with van der Waals surface area (Å²) in [7, 11) is 0. The molecule has 1 N–H and O–H groups in total. The lowest BCUT2D eigenvalue weighted by molar-refractivity contribution is 0.102.